The molecule has 0 bridgehead atoms. The molecule has 0 unspecified atom stereocenters. The van der Waals surface area contributed by atoms with E-state index in [-0.39, 0.29) is 5.82 Å². The third-order valence-electron chi connectivity index (χ3n) is 4.56. The van der Waals surface area contributed by atoms with Crippen molar-refractivity contribution in [3.05, 3.63) is 94.7 Å². The number of esters is 1. The number of benzene rings is 2. The minimum Gasteiger partial charge on any atom is -0.465 e. The second kappa shape index (κ2) is 8.84. The van der Waals surface area contributed by atoms with Gasteiger partial charge in [-0.05, 0) is 47.0 Å². The van der Waals surface area contributed by atoms with Gasteiger partial charge in [0.15, 0.2) is 0 Å². The van der Waals surface area contributed by atoms with Crippen LogP contribution in [0.15, 0.2) is 72.8 Å². The van der Waals surface area contributed by atoms with Gasteiger partial charge in [-0.3, -0.25) is 0 Å². The maximum atomic E-state index is 13.4. The van der Waals surface area contributed by atoms with Gasteiger partial charge in [0.25, 0.3) is 0 Å². The number of methoxy groups -OCH3 is 1. The number of halogens is 1. The Hall–Kier alpha value is -3.58. The van der Waals surface area contributed by atoms with Crippen LogP contribution in [0.5, 0.6) is 0 Å². The van der Waals surface area contributed by atoms with Crippen LogP contribution in [0.3, 0.4) is 0 Å². The first-order valence-corrected chi connectivity index (χ1v) is 10.1. The number of ether oxygens (including phenoxy) is 1. The molecule has 0 radical (unpaired) electrons. The summed E-state index contributed by atoms with van der Waals surface area (Å²) < 4.78 is 20.3. The monoisotopic (exact) mass is 419 g/mol. The highest BCUT2D eigenvalue weighted by atomic mass is 32.1. The van der Waals surface area contributed by atoms with E-state index in [9.17, 15) is 9.18 Å². The van der Waals surface area contributed by atoms with Gasteiger partial charge >= 0.3 is 5.97 Å². The molecule has 0 N–H and O–H groups in total. The van der Waals surface area contributed by atoms with Gasteiger partial charge in [0.2, 0.25) is 0 Å². The van der Waals surface area contributed by atoms with Crippen molar-refractivity contribution >= 4 is 29.0 Å². The third-order valence-corrected chi connectivity index (χ3v) is 5.41. The lowest BCUT2D eigenvalue weighted by Crippen LogP contribution is -2.04. The van der Waals surface area contributed by atoms with Crippen LogP contribution in [-0.4, -0.2) is 27.6 Å². The zero-order chi connectivity index (χ0) is 20.9. The van der Waals surface area contributed by atoms with Crippen LogP contribution in [0.4, 0.5) is 4.39 Å². The predicted octanol–water partition coefficient (Wildman–Crippen LogP) is 5.17. The molecule has 0 saturated carbocycles. The molecule has 0 aliphatic carbocycles. The third kappa shape index (κ3) is 4.36. The molecule has 30 heavy (non-hydrogen) atoms. The zero-order valence-corrected chi connectivity index (χ0v) is 17.0. The Balaban J connectivity index is 1.80. The first-order chi connectivity index (χ1) is 14.6. The number of carbonyl (C=O) groups excluding carboxylic acids is 1. The van der Waals surface area contributed by atoms with Crippen LogP contribution in [0.1, 0.15) is 20.9 Å². The van der Waals surface area contributed by atoms with Gasteiger partial charge < -0.3 is 9.30 Å². The Morgan fingerprint density at radius 2 is 2.03 bits per heavy atom. The molecule has 0 spiro atoms. The fraction of sp³-hybridized carbons (Fsp3) is 0.0870. The van der Waals surface area contributed by atoms with Gasteiger partial charge in [-0.1, -0.05) is 18.2 Å². The fourth-order valence-electron chi connectivity index (χ4n) is 3.14. The molecule has 4 aromatic rings. The van der Waals surface area contributed by atoms with E-state index < -0.39 is 5.97 Å². The van der Waals surface area contributed by atoms with Crippen molar-refractivity contribution in [2.45, 2.75) is 6.54 Å². The van der Waals surface area contributed by atoms with E-state index in [1.807, 2.05) is 34.4 Å². The number of hydrogen-bond donors (Lipinski definition) is 0. The second-order valence-electron chi connectivity index (χ2n) is 6.55. The van der Waals surface area contributed by atoms with Gasteiger partial charge in [0, 0.05) is 29.5 Å². The average molecular weight is 419 g/mol. The lowest BCUT2D eigenvalue weighted by molar-refractivity contribution is 0.0601. The maximum Gasteiger partial charge on any atom is 0.338 e. The Kier molecular flexibility index (Phi) is 5.81. The molecular weight excluding hydrogens is 401 g/mol. The van der Waals surface area contributed by atoms with Crippen LogP contribution < -0.4 is 0 Å². The highest BCUT2D eigenvalue weighted by Gasteiger charge is 2.15. The van der Waals surface area contributed by atoms with E-state index >= 15 is 0 Å². The lowest BCUT2D eigenvalue weighted by Gasteiger charge is -2.11. The molecule has 0 aliphatic rings. The number of carbonyl (C=O) groups is 1. The molecular formula is C23H18FN3O2S. The highest BCUT2D eigenvalue weighted by molar-refractivity contribution is 7.10. The van der Waals surface area contributed by atoms with E-state index in [1.165, 1.54) is 19.2 Å². The quantitative estimate of drug-likeness (QED) is 0.405. The SMILES string of the molecule is COC(=O)c1ccc(/C=C(/Cn2ccnc2)c2nccs2)cc1-c1ccc(F)cc1. The maximum absolute atomic E-state index is 13.4. The van der Waals surface area contributed by atoms with E-state index in [4.69, 9.17) is 4.74 Å². The summed E-state index contributed by atoms with van der Waals surface area (Å²) in [6, 6.07) is 11.5. The molecule has 4 rings (SSSR count). The Morgan fingerprint density at radius 1 is 1.20 bits per heavy atom. The number of aromatic nitrogens is 3. The standard InChI is InChI=1S/C23H18FN3O2S/c1-29-23(28)20-7-2-16(13-21(20)17-3-5-19(24)6-4-17)12-18(22-26-9-11-30-22)14-27-10-8-25-15-27/h2-13,15H,14H2,1H3/b18-12-. The van der Waals surface area contributed by atoms with Crippen molar-refractivity contribution < 1.29 is 13.9 Å². The molecule has 2 heterocycles. The van der Waals surface area contributed by atoms with Crippen LogP contribution in [-0.2, 0) is 11.3 Å². The molecule has 0 aliphatic heterocycles. The van der Waals surface area contributed by atoms with E-state index in [0.717, 1.165) is 21.7 Å². The molecule has 5 nitrogen and oxygen atoms in total. The minimum atomic E-state index is -0.441. The van der Waals surface area contributed by atoms with Crippen LogP contribution in [0, 0.1) is 5.82 Å². The lowest BCUT2D eigenvalue weighted by atomic mass is 9.96. The summed E-state index contributed by atoms with van der Waals surface area (Å²) in [4.78, 5) is 20.8. The van der Waals surface area contributed by atoms with Crippen molar-refractivity contribution in [1.82, 2.24) is 14.5 Å². The molecule has 0 saturated heterocycles. The minimum absolute atomic E-state index is 0.333. The van der Waals surface area contributed by atoms with Crippen molar-refractivity contribution in [3.8, 4) is 11.1 Å². The normalized spacial score (nSPS) is 11.5. The first-order valence-electron chi connectivity index (χ1n) is 9.18. The van der Waals surface area contributed by atoms with Crippen LogP contribution in [0.2, 0.25) is 0 Å². The summed E-state index contributed by atoms with van der Waals surface area (Å²) in [5, 5.41) is 2.84. The van der Waals surface area contributed by atoms with Gasteiger partial charge in [-0.15, -0.1) is 11.3 Å². The second-order valence-corrected chi connectivity index (χ2v) is 7.44. The predicted molar refractivity (Wildman–Crippen MR) is 115 cm³/mol. The van der Waals surface area contributed by atoms with Crippen LogP contribution >= 0.6 is 11.3 Å². The number of nitrogens with zero attached hydrogens (tertiary/aromatic N) is 3. The Bertz CT molecular complexity index is 1170. The molecule has 2 aromatic carbocycles. The van der Waals surface area contributed by atoms with Crippen molar-refractivity contribution in [2.75, 3.05) is 7.11 Å². The highest BCUT2D eigenvalue weighted by Crippen LogP contribution is 2.29. The van der Waals surface area contributed by atoms with Crippen molar-refractivity contribution in [3.63, 3.8) is 0 Å². The summed E-state index contributed by atoms with van der Waals surface area (Å²) >= 11 is 1.56. The molecule has 0 amide bonds. The summed E-state index contributed by atoms with van der Waals surface area (Å²) in [5.41, 5.74) is 3.74. The topological polar surface area (TPSA) is 57.0 Å². The summed E-state index contributed by atoms with van der Waals surface area (Å²) in [6.07, 6.45) is 9.19. The van der Waals surface area contributed by atoms with Crippen molar-refractivity contribution in [1.29, 1.82) is 0 Å². The van der Waals surface area contributed by atoms with Gasteiger partial charge in [0.1, 0.15) is 10.8 Å². The largest absolute Gasteiger partial charge is 0.465 e. The number of rotatable bonds is 6. The fourth-order valence-corrected chi connectivity index (χ4v) is 3.79. The van der Waals surface area contributed by atoms with E-state index in [2.05, 4.69) is 9.97 Å². The van der Waals surface area contributed by atoms with Gasteiger partial charge in [-0.25, -0.2) is 19.2 Å². The average Bonchev–Trinajstić information content (AvgIpc) is 3.47. The Labute approximate surface area is 177 Å². The Morgan fingerprint density at radius 3 is 2.70 bits per heavy atom. The summed E-state index contributed by atoms with van der Waals surface area (Å²) in [5.74, 6) is -0.774. The van der Waals surface area contributed by atoms with Crippen LogP contribution in [0.25, 0.3) is 22.8 Å². The molecule has 7 heteroatoms. The number of allylic oxidation sites excluding steroid dienone is 1. The molecule has 0 fully saturated rings. The summed E-state index contributed by atoms with van der Waals surface area (Å²) in [7, 11) is 1.34. The molecule has 0 atom stereocenters. The van der Waals surface area contributed by atoms with E-state index in [1.54, 1.807) is 48.3 Å². The number of thiazole rings is 1. The molecule has 150 valence electrons. The van der Waals surface area contributed by atoms with Gasteiger partial charge in [-0.2, -0.15) is 0 Å². The molecule has 2 aromatic heterocycles. The number of imidazole rings is 1. The van der Waals surface area contributed by atoms with E-state index in [0.29, 0.717) is 17.7 Å². The summed E-state index contributed by atoms with van der Waals surface area (Å²) in [6.45, 7) is 0.609. The first kappa shape index (κ1) is 19.7. The van der Waals surface area contributed by atoms with Crippen molar-refractivity contribution in [2.24, 2.45) is 0 Å². The zero-order valence-electron chi connectivity index (χ0n) is 16.2. The number of hydrogen-bond acceptors (Lipinski definition) is 5. The smallest absolute Gasteiger partial charge is 0.338 e. The van der Waals surface area contributed by atoms with Gasteiger partial charge in [0.05, 0.1) is 25.5 Å².